The number of carbonyl (C=O) groups is 1. The minimum absolute atomic E-state index is 0.132. The number of aliphatic imine (C=N–C) groups is 1. The summed E-state index contributed by atoms with van der Waals surface area (Å²) >= 11 is 6.43. The predicted octanol–water partition coefficient (Wildman–Crippen LogP) is 4.45. The molecule has 3 heterocycles. The second-order valence-corrected chi connectivity index (χ2v) is 11.2. The molecule has 8 heteroatoms. The maximum absolute atomic E-state index is 13.5. The van der Waals surface area contributed by atoms with Gasteiger partial charge in [-0.05, 0) is 76.4 Å². The van der Waals surface area contributed by atoms with Crippen molar-refractivity contribution in [2.45, 2.75) is 66.7 Å². The summed E-state index contributed by atoms with van der Waals surface area (Å²) in [5.74, 6) is 0.449. The number of halogens is 1. The monoisotopic (exact) mass is 477 g/mol. The van der Waals surface area contributed by atoms with Gasteiger partial charge in [-0.3, -0.25) is 9.79 Å². The second-order valence-electron chi connectivity index (χ2n) is 10.8. The Bertz CT molecular complexity index is 881. The summed E-state index contributed by atoms with van der Waals surface area (Å²) in [6.07, 6.45) is 5.68. The van der Waals surface area contributed by atoms with Gasteiger partial charge in [0.15, 0.2) is 0 Å². The molecule has 2 aliphatic rings. The summed E-state index contributed by atoms with van der Waals surface area (Å²) in [4.78, 5) is 22.2. The van der Waals surface area contributed by atoms with Gasteiger partial charge in [0.1, 0.15) is 22.2 Å². The Morgan fingerprint density at radius 1 is 1.21 bits per heavy atom. The highest BCUT2D eigenvalue weighted by Crippen LogP contribution is 2.42. The van der Waals surface area contributed by atoms with E-state index in [9.17, 15) is 4.79 Å². The number of aromatic nitrogens is 1. The van der Waals surface area contributed by atoms with Crippen LogP contribution in [0, 0.1) is 17.8 Å². The molecular formula is C25H40ClN5O2. The topological polar surface area (TPSA) is 88.0 Å². The minimum Gasteiger partial charge on any atom is -0.396 e. The van der Waals surface area contributed by atoms with Crippen LogP contribution < -0.4 is 5.73 Å². The minimum atomic E-state index is -0.173. The van der Waals surface area contributed by atoms with Gasteiger partial charge in [-0.1, -0.05) is 37.5 Å². The van der Waals surface area contributed by atoms with Crippen LogP contribution in [0.15, 0.2) is 21.2 Å². The van der Waals surface area contributed by atoms with Crippen molar-refractivity contribution in [1.82, 2.24) is 15.0 Å². The zero-order valence-electron chi connectivity index (χ0n) is 20.9. The third-order valence-corrected chi connectivity index (χ3v) is 7.40. The largest absolute Gasteiger partial charge is 0.396 e. The average Bonchev–Trinajstić information content (AvgIpc) is 3.20. The fourth-order valence-corrected chi connectivity index (χ4v) is 5.04. The highest BCUT2D eigenvalue weighted by atomic mass is 35.5. The number of carbonyl (C=O) groups excluding carboxylic acids is 1. The standard InChI is InChI=1S/C25H40ClN5O2/c1-6-28-22(26)20(21(27)19-17-18(2)33-29-19)23(32)31-15-10-25(11-16-31)8-13-30(14-9-25)12-7-24(3,4)5/h17H,6-16,27H2,1-5H3/b21-20+,28-22?. The molecule has 2 fully saturated rings. The van der Waals surface area contributed by atoms with E-state index in [4.69, 9.17) is 21.9 Å². The number of hydrogen-bond donors (Lipinski definition) is 1. The van der Waals surface area contributed by atoms with Crippen LogP contribution in [0.2, 0.25) is 0 Å². The van der Waals surface area contributed by atoms with Crippen LogP contribution in [0.5, 0.6) is 0 Å². The van der Waals surface area contributed by atoms with E-state index in [-0.39, 0.29) is 22.3 Å². The van der Waals surface area contributed by atoms with Gasteiger partial charge in [-0.2, -0.15) is 0 Å². The number of amides is 1. The van der Waals surface area contributed by atoms with Crippen molar-refractivity contribution >= 4 is 28.4 Å². The molecule has 1 amide bonds. The van der Waals surface area contributed by atoms with Crippen LogP contribution in [-0.4, -0.2) is 65.3 Å². The van der Waals surface area contributed by atoms with Gasteiger partial charge in [-0.15, -0.1) is 0 Å². The molecule has 0 aliphatic carbocycles. The Hall–Kier alpha value is -1.86. The summed E-state index contributed by atoms with van der Waals surface area (Å²) in [7, 11) is 0. The van der Waals surface area contributed by atoms with Crippen molar-refractivity contribution < 1.29 is 9.32 Å². The molecule has 0 bridgehead atoms. The first-order valence-electron chi connectivity index (χ1n) is 12.2. The third-order valence-electron chi connectivity index (χ3n) is 7.10. The van der Waals surface area contributed by atoms with Crippen molar-refractivity contribution in [2.75, 3.05) is 39.3 Å². The van der Waals surface area contributed by atoms with E-state index in [2.05, 4.69) is 35.8 Å². The first-order valence-corrected chi connectivity index (χ1v) is 12.6. The molecule has 1 aromatic heterocycles. The molecule has 184 valence electrons. The molecule has 2 N–H and O–H groups in total. The Kier molecular flexibility index (Phi) is 8.27. The number of nitrogens with two attached hydrogens (primary N) is 1. The van der Waals surface area contributed by atoms with Gasteiger partial charge in [0, 0.05) is 25.7 Å². The fraction of sp³-hybridized carbons (Fsp3) is 0.720. The van der Waals surface area contributed by atoms with E-state index < -0.39 is 0 Å². The number of piperidine rings is 2. The first-order chi connectivity index (χ1) is 15.5. The van der Waals surface area contributed by atoms with Gasteiger partial charge in [0.05, 0.1) is 5.70 Å². The number of nitrogens with zero attached hydrogens (tertiary/aromatic N) is 4. The zero-order valence-corrected chi connectivity index (χ0v) is 21.7. The van der Waals surface area contributed by atoms with Gasteiger partial charge < -0.3 is 20.1 Å². The van der Waals surface area contributed by atoms with Gasteiger partial charge in [-0.25, -0.2) is 0 Å². The molecule has 1 aromatic rings. The van der Waals surface area contributed by atoms with E-state index >= 15 is 0 Å². The molecule has 33 heavy (non-hydrogen) atoms. The molecule has 0 unspecified atom stereocenters. The maximum Gasteiger partial charge on any atom is 0.259 e. The molecule has 3 rings (SSSR count). The molecule has 2 aliphatic heterocycles. The Labute approximate surface area is 203 Å². The third kappa shape index (κ3) is 6.60. The average molecular weight is 478 g/mol. The fourth-order valence-electron chi connectivity index (χ4n) is 4.74. The van der Waals surface area contributed by atoms with Crippen LogP contribution in [0.4, 0.5) is 0 Å². The molecular weight excluding hydrogens is 438 g/mol. The van der Waals surface area contributed by atoms with Crippen LogP contribution in [0.1, 0.15) is 71.3 Å². The lowest BCUT2D eigenvalue weighted by Crippen LogP contribution is -2.49. The van der Waals surface area contributed by atoms with Gasteiger partial charge >= 0.3 is 0 Å². The number of rotatable bonds is 6. The smallest absolute Gasteiger partial charge is 0.259 e. The summed E-state index contributed by atoms with van der Waals surface area (Å²) in [5.41, 5.74) is 7.91. The van der Waals surface area contributed by atoms with Crippen molar-refractivity contribution in [3.63, 3.8) is 0 Å². The van der Waals surface area contributed by atoms with Crippen LogP contribution in [0.3, 0.4) is 0 Å². The number of aryl methyl sites for hydroxylation is 1. The molecule has 0 aromatic carbocycles. The lowest BCUT2D eigenvalue weighted by atomic mass is 9.71. The lowest BCUT2D eigenvalue weighted by molar-refractivity contribution is -0.129. The molecule has 0 atom stereocenters. The van der Waals surface area contributed by atoms with Crippen molar-refractivity contribution in [3.8, 4) is 0 Å². The van der Waals surface area contributed by atoms with Crippen LogP contribution >= 0.6 is 11.6 Å². The summed E-state index contributed by atoms with van der Waals surface area (Å²) < 4.78 is 5.14. The summed E-state index contributed by atoms with van der Waals surface area (Å²) in [6.45, 7) is 16.0. The second kappa shape index (κ2) is 10.6. The molecule has 0 radical (unpaired) electrons. The van der Waals surface area contributed by atoms with Gasteiger partial charge in [0.2, 0.25) is 0 Å². The lowest BCUT2D eigenvalue weighted by Gasteiger charge is -2.47. The SMILES string of the molecule is CCN=C(Cl)/C(C(=O)N1CCC2(CCN(CCC(C)(C)C)CC2)CC1)=C(\N)c1cc(C)on1. The quantitative estimate of drug-likeness (QED) is 0.483. The van der Waals surface area contributed by atoms with E-state index in [0.717, 1.165) is 25.9 Å². The highest BCUT2D eigenvalue weighted by molar-refractivity contribution is 6.73. The van der Waals surface area contributed by atoms with Crippen molar-refractivity contribution in [3.05, 3.63) is 23.1 Å². The zero-order chi connectivity index (χ0) is 24.2. The van der Waals surface area contributed by atoms with E-state index in [1.54, 1.807) is 13.0 Å². The predicted molar refractivity (Wildman–Crippen MR) is 134 cm³/mol. The number of hydrogen-bond acceptors (Lipinski definition) is 6. The Morgan fingerprint density at radius 3 is 2.33 bits per heavy atom. The Balaban J connectivity index is 1.65. The van der Waals surface area contributed by atoms with E-state index in [1.165, 1.54) is 25.8 Å². The molecule has 2 saturated heterocycles. The number of likely N-dealkylation sites (tertiary alicyclic amines) is 2. The highest BCUT2D eigenvalue weighted by Gasteiger charge is 2.39. The van der Waals surface area contributed by atoms with E-state index in [1.807, 2.05) is 11.8 Å². The first kappa shape index (κ1) is 25.8. The summed E-state index contributed by atoms with van der Waals surface area (Å²) in [5, 5.41) is 4.10. The van der Waals surface area contributed by atoms with Crippen LogP contribution in [-0.2, 0) is 4.79 Å². The molecule has 0 saturated carbocycles. The van der Waals surface area contributed by atoms with Crippen molar-refractivity contribution in [2.24, 2.45) is 21.6 Å². The summed E-state index contributed by atoms with van der Waals surface area (Å²) in [6, 6.07) is 1.71. The molecule has 1 spiro atoms. The normalized spacial score (nSPS) is 20.8. The molecule has 7 nitrogen and oxygen atoms in total. The van der Waals surface area contributed by atoms with Crippen molar-refractivity contribution in [1.29, 1.82) is 0 Å². The van der Waals surface area contributed by atoms with E-state index in [0.29, 0.717) is 41.9 Å². The van der Waals surface area contributed by atoms with Crippen LogP contribution in [0.25, 0.3) is 5.70 Å². The Morgan fingerprint density at radius 2 is 1.82 bits per heavy atom. The van der Waals surface area contributed by atoms with Gasteiger partial charge in [0.25, 0.3) is 5.91 Å². The maximum atomic E-state index is 13.5.